The van der Waals surface area contributed by atoms with E-state index in [1.165, 1.54) is 0 Å². The van der Waals surface area contributed by atoms with E-state index in [1.807, 2.05) is 12.2 Å². The third kappa shape index (κ3) is 51.0. The van der Waals surface area contributed by atoms with Crippen molar-refractivity contribution in [2.45, 2.75) is 6.42 Å². The zero-order chi connectivity index (χ0) is 3.54. The van der Waals surface area contributed by atoms with Gasteiger partial charge in [-0.2, -0.15) is 6.08 Å². The zero-order valence-corrected chi connectivity index (χ0v) is 15.4. The summed E-state index contributed by atoms with van der Waals surface area (Å²) in [6.07, 6.45) is 10.0. The van der Waals surface area contributed by atoms with Gasteiger partial charge in [0.25, 0.3) is 0 Å². The smallest absolute Gasteiger partial charge is 0 e. The molecule has 0 heterocycles. The van der Waals surface area contributed by atoms with Gasteiger partial charge in [-0.1, -0.05) is 0 Å². The Hall–Kier alpha value is 1.22. The number of halogens is 3. The molecular weight excluding hydrogens is 405 g/mol. The molecule has 0 aromatic rings. The summed E-state index contributed by atoms with van der Waals surface area (Å²) in [5.41, 5.74) is 0. The molecule has 0 amide bonds. The minimum atomic E-state index is 0. The summed E-state index contributed by atoms with van der Waals surface area (Å²) in [4.78, 5) is 0. The van der Waals surface area contributed by atoms with Crippen LogP contribution in [-0.4, -0.2) is 0 Å². The van der Waals surface area contributed by atoms with Crippen LogP contribution in [0.5, 0.6) is 0 Å². The van der Waals surface area contributed by atoms with Gasteiger partial charge >= 0.3 is 0 Å². The van der Waals surface area contributed by atoms with Gasteiger partial charge < -0.3 is 74.4 Å². The Kier molecular flexibility index (Phi) is 365. The molecule has 1 aliphatic carbocycles. The van der Waals surface area contributed by atoms with Crippen LogP contribution in [0.4, 0.5) is 0 Å². The predicted molar refractivity (Wildman–Crippen MR) is 53.6 cm³/mol. The topological polar surface area (TPSA) is 0 Å². The summed E-state index contributed by atoms with van der Waals surface area (Å²) < 4.78 is 0. The van der Waals surface area contributed by atoms with Crippen molar-refractivity contribution in [2.75, 3.05) is 0 Å². The second-order valence-corrected chi connectivity index (χ2v) is 1.00. The molecule has 0 aromatic heterocycles. The van der Waals surface area contributed by atoms with E-state index >= 15 is 0 Å². The van der Waals surface area contributed by atoms with E-state index in [2.05, 4.69) is 12.2 Å². The molecule has 0 atom stereocenters. The first kappa shape index (κ1) is 79.5. The molecule has 14 heavy (non-hydrogen) atoms. The monoisotopic (exact) mass is 425 g/mol. The number of hydrogen-bond acceptors (Lipinski definition) is 0. The molecule has 0 aliphatic heterocycles. The van der Waals surface area contributed by atoms with E-state index in [-0.39, 0.29) is 100 Å². The Morgan fingerprint density at radius 1 is 0.786 bits per heavy atom. The first-order chi connectivity index (χ1) is 2.50. The Labute approximate surface area is 130 Å². The quantitative estimate of drug-likeness (QED) is 0.269. The first-order valence-corrected chi connectivity index (χ1v) is 1.72. The maximum atomic E-state index is 2.99. The molecule has 4 heteroatoms. The summed E-state index contributed by atoms with van der Waals surface area (Å²) in [6.45, 7) is 0. The van der Waals surface area contributed by atoms with Crippen molar-refractivity contribution < 1.29 is 63.1 Å². The third-order valence-electron chi connectivity index (χ3n) is 0.586. The SMILES string of the molecule is [C-]1=CC=CC1.[CH3-].[CH3-].[CH3-].[CH3-].[CH3-].[Cl-].[Cl-].[Cl-].[Hf]. The molecule has 0 N–H and O–H groups in total. The van der Waals surface area contributed by atoms with Crippen LogP contribution >= 0.6 is 0 Å². The summed E-state index contributed by atoms with van der Waals surface area (Å²) in [7, 11) is 0. The number of rotatable bonds is 0. The van der Waals surface area contributed by atoms with E-state index in [0.717, 1.165) is 6.42 Å². The Balaban J connectivity index is -0.00000000397. The first-order valence-electron chi connectivity index (χ1n) is 1.72. The molecule has 0 bridgehead atoms. The molecular formula is C10H20Cl3Hf-9. The second kappa shape index (κ2) is 64.2. The normalized spacial score (nSPS) is 6.29. The van der Waals surface area contributed by atoms with E-state index in [0.29, 0.717) is 0 Å². The van der Waals surface area contributed by atoms with Crippen molar-refractivity contribution in [1.82, 2.24) is 0 Å². The van der Waals surface area contributed by atoms with Gasteiger partial charge in [0.2, 0.25) is 0 Å². The number of allylic oxidation sites excluding steroid dienone is 4. The molecule has 0 fully saturated rings. The van der Waals surface area contributed by atoms with Gasteiger partial charge in [0, 0.05) is 25.8 Å². The maximum absolute atomic E-state index is 2.99. The fraction of sp³-hybridized carbons (Fsp3) is 0.100. The molecule has 0 spiro atoms. The molecule has 1 aliphatic rings. The maximum Gasteiger partial charge on any atom is 0 e. The van der Waals surface area contributed by atoms with Crippen LogP contribution in [0.1, 0.15) is 6.42 Å². The van der Waals surface area contributed by atoms with Crippen LogP contribution in [0, 0.1) is 43.2 Å². The Morgan fingerprint density at radius 3 is 1.21 bits per heavy atom. The minimum absolute atomic E-state index is 0. The van der Waals surface area contributed by atoms with Crippen molar-refractivity contribution >= 4 is 0 Å². The largest absolute Gasteiger partial charge is 1.00 e. The van der Waals surface area contributed by atoms with Gasteiger partial charge in [-0.3, -0.25) is 6.08 Å². The van der Waals surface area contributed by atoms with Crippen LogP contribution in [0.2, 0.25) is 0 Å². The summed E-state index contributed by atoms with van der Waals surface area (Å²) in [5.74, 6) is 0. The molecule has 94 valence electrons. The fourth-order valence-electron chi connectivity index (χ4n) is 0.340. The van der Waals surface area contributed by atoms with Crippen LogP contribution in [0.15, 0.2) is 18.2 Å². The second-order valence-electron chi connectivity index (χ2n) is 1.00. The van der Waals surface area contributed by atoms with Crippen molar-refractivity contribution in [3.05, 3.63) is 61.4 Å². The van der Waals surface area contributed by atoms with Crippen molar-refractivity contribution in [2.24, 2.45) is 0 Å². The molecule has 0 aromatic carbocycles. The van der Waals surface area contributed by atoms with Crippen LogP contribution in [-0.2, 0) is 25.8 Å². The molecule has 0 saturated carbocycles. The van der Waals surface area contributed by atoms with Crippen LogP contribution in [0.3, 0.4) is 0 Å². The summed E-state index contributed by atoms with van der Waals surface area (Å²) in [5, 5.41) is 0. The average molecular weight is 425 g/mol. The summed E-state index contributed by atoms with van der Waals surface area (Å²) in [6, 6.07) is 0. The third-order valence-corrected chi connectivity index (χ3v) is 0.586. The van der Waals surface area contributed by atoms with E-state index in [4.69, 9.17) is 0 Å². The van der Waals surface area contributed by atoms with E-state index in [9.17, 15) is 0 Å². The van der Waals surface area contributed by atoms with Gasteiger partial charge in [0.15, 0.2) is 0 Å². The molecule has 0 radical (unpaired) electrons. The average Bonchev–Trinajstić information content (AvgIpc) is 1.76. The van der Waals surface area contributed by atoms with E-state index < -0.39 is 0 Å². The molecule has 0 unspecified atom stereocenters. The fourth-order valence-corrected chi connectivity index (χ4v) is 0.340. The predicted octanol–water partition coefficient (Wildman–Crippen LogP) is -5.43. The number of hydrogen-bond donors (Lipinski definition) is 0. The Bertz CT molecular complexity index is 73.4. The molecule has 0 nitrogen and oxygen atoms in total. The van der Waals surface area contributed by atoms with Gasteiger partial charge in [-0.05, 0) is 0 Å². The molecule has 1 rings (SSSR count). The minimum Gasteiger partial charge on any atom is -1.00 e. The Morgan fingerprint density at radius 2 is 1.14 bits per heavy atom. The van der Waals surface area contributed by atoms with Crippen molar-refractivity contribution in [1.29, 1.82) is 0 Å². The standard InChI is InChI=1S/C5H5.5CH3.3ClH.Hf/c1-2-4-5-3-1;;;;;;;;;/h1-3H,4H2;5*1H3;3*1H;/q6*-1;;;;/p-3. The van der Waals surface area contributed by atoms with E-state index in [1.54, 1.807) is 0 Å². The zero-order valence-electron chi connectivity index (χ0n) is 9.57. The van der Waals surface area contributed by atoms with Gasteiger partial charge in [0.1, 0.15) is 0 Å². The van der Waals surface area contributed by atoms with Gasteiger partial charge in [-0.15, -0.1) is 6.42 Å². The van der Waals surface area contributed by atoms with Crippen LogP contribution < -0.4 is 37.2 Å². The van der Waals surface area contributed by atoms with Crippen molar-refractivity contribution in [3.8, 4) is 0 Å². The summed E-state index contributed by atoms with van der Waals surface area (Å²) >= 11 is 0. The van der Waals surface area contributed by atoms with Crippen molar-refractivity contribution in [3.63, 3.8) is 0 Å². The molecule has 0 saturated heterocycles. The van der Waals surface area contributed by atoms with Gasteiger partial charge in [0.05, 0.1) is 0 Å². The van der Waals surface area contributed by atoms with Crippen LogP contribution in [0.25, 0.3) is 0 Å². The van der Waals surface area contributed by atoms with Gasteiger partial charge in [-0.25, -0.2) is 12.2 Å².